The molecule has 0 radical (unpaired) electrons. The van der Waals surface area contributed by atoms with Crippen molar-refractivity contribution in [2.24, 2.45) is 23.5 Å². The molecule has 0 heterocycles. The minimum absolute atomic E-state index is 0.00241. The molecule has 2 aliphatic carbocycles. The van der Waals surface area contributed by atoms with Crippen molar-refractivity contribution in [3.05, 3.63) is 48.0 Å². The van der Waals surface area contributed by atoms with Gasteiger partial charge >= 0.3 is 0 Å². The maximum atomic E-state index is 11.6. The number of amides is 1. The van der Waals surface area contributed by atoms with Crippen LogP contribution in [0.2, 0.25) is 0 Å². The Morgan fingerprint density at radius 2 is 1.81 bits per heavy atom. The molecule has 0 aromatic heterocycles. The Kier molecular flexibility index (Phi) is 2.10. The highest BCUT2D eigenvalue weighted by molar-refractivity contribution is 5.79. The van der Waals surface area contributed by atoms with Gasteiger partial charge in [-0.3, -0.25) is 4.79 Å². The zero-order valence-corrected chi connectivity index (χ0v) is 9.04. The first-order chi connectivity index (χ1) is 7.77. The lowest BCUT2D eigenvalue weighted by Crippen LogP contribution is -2.31. The number of hydrogen-bond donors (Lipinski definition) is 1. The molecule has 16 heavy (non-hydrogen) atoms. The number of carbonyl (C=O) groups is 1. The lowest BCUT2D eigenvalue weighted by Gasteiger charge is -2.25. The molecule has 1 amide bonds. The summed E-state index contributed by atoms with van der Waals surface area (Å²) in [6.07, 6.45) is 5.51. The van der Waals surface area contributed by atoms with Gasteiger partial charge in [0.05, 0.1) is 5.92 Å². The summed E-state index contributed by atoms with van der Waals surface area (Å²) in [6, 6.07) is 10.3. The van der Waals surface area contributed by atoms with Gasteiger partial charge in [-0.15, -0.1) is 0 Å². The normalized spacial score (nSPS) is 35.5. The molecular weight excluding hydrogens is 198 g/mol. The van der Waals surface area contributed by atoms with Crippen LogP contribution in [0.3, 0.4) is 0 Å². The molecule has 3 rings (SSSR count). The minimum atomic E-state index is -0.147. The molecule has 0 saturated heterocycles. The van der Waals surface area contributed by atoms with Gasteiger partial charge < -0.3 is 5.73 Å². The van der Waals surface area contributed by atoms with Crippen molar-refractivity contribution in [3.63, 3.8) is 0 Å². The van der Waals surface area contributed by atoms with E-state index < -0.39 is 0 Å². The average molecular weight is 213 g/mol. The third-order valence-electron chi connectivity index (χ3n) is 3.97. The quantitative estimate of drug-likeness (QED) is 0.751. The van der Waals surface area contributed by atoms with Crippen molar-refractivity contribution >= 4 is 5.91 Å². The SMILES string of the molecule is NC(=O)[C@@H]1[C@@H](c2ccccc2)[C@H]2C=C[C@H]1C2. The van der Waals surface area contributed by atoms with Gasteiger partial charge in [0.15, 0.2) is 0 Å². The van der Waals surface area contributed by atoms with Crippen LogP contribution >= 0.6 is 0 Å². The smallest absolute Gasteiger partial charge is 0.221 e. The van der Waals surface area contributed by atoms with Gasteiger partial charge in [0.1, 0.15) is 0 Å². The number of rotatable bonds is 2. The van der Waals surface area contributed by atoms with Crippen molar-refractivity contribution in [1.29, 1.82) is 0 Å². The first-order valence-electron chi connectivity index (χ1n) is 5.80. The first kappa shape index (κ1) is 9.64. The molecule has 2 bridgehead atoms. The highest BCUT2D eigenvalue weighted by Crippen LogP contribution is 2.52. The summed E-state index contributed by atoms with van der Waals surface area (Å²) in [5.74, 6) is 1.02. The van der Waals surface area contributed by atoms with E-state index in [4.69, 9.17) is 5.73 Å². The van der Waals surface area contributed by atoms with Crippen LogP contribution in [-0.2, 0) is 4.79 Å². The zero-order chi connectivity index (χ0) is 11.1. The number of carbonyl (C=O) groups excluding carboxylic acids is 1. The van der Waals surface area contributed by atoms with E-state index in [1.165, 1.54) is 5.56 Å². The number of hydrogen-bond acceptors (Lipinski definition) is 1. The average Bonchev–Trinajstić information content (AvgIpc) is 2.89. The summed E-state index contributed by atoms with van der Waals surface area (Å²) >= 11 is 0. The van der Waals surface area contributed by atoms with Crippen LogP contribution in [0.15, 0.2) is 42.5 Å². The van der Waals surface area contributed by atoms with E-state index in [0.29, 0.717) is 17.8 Å². The van der Waals surface area contributed by atoms with E-state index in [9.17, 15) is 4.79 Å². The van der Waals surface area contributed by atoms with Crippen LogP contribution in [-0.4, -0.2) is 5.91 Å². The Hall–Kier alpha value is -1.57. The van der Waals surface area contributed by atoms with Crippen LogP contribution < -0.4 is 5.73 Å². The highest BCUT2D eigenvalue weighted by atomic mass is 16.1. The highest BCUT2D eigenvalue weighted by Gasteiger charge is 2.47. The largest absolute Gasteiger partial charge is 0.369 e. The van der Waals surface area contributed by atoms with E-state index in [1.807, 2.05) is 18.2 Å². The fourth-order valence-electron chi connectivity index (χ4n) is 3.34. The molecule has 2 nitrogen and oxygen atoms in total. The summed E-state index contributed by atoms with van der Waals surface area (Å²) in [6.45, 7) is 0. The van der Waals surface area contributed by atoms with Crippen LogP contribution in [0.1, 0.15) is 17.9 Å². The van der Waals surface area contributed by atoms with E-state index in [0.717, 1.165) is 6.42 Å². The van der Waals surface area contributed by atoms with E-state index >= 15 is 0 Å². The molecule has 2 N–H and O–H groups in total. The number of fused-ring (bicyclic) bond motifs is 2. The summed E-state index contributed by atoms with van der Waals surface area (Å²) in [4.78, 5) is 11.6. The minimum Gasteiger partial charge on any atom is -0.369 e. The predicted molar refractivity (Wildman–Crippen MR) is 62.6 cm³/mol. The molecule has 82 valence electrons. The first-order valence-corrected chi connectivity index (χ1v) is 5.80. The van der Waals surface area contributed by atoms with Gasteiger partial charge in [0.2, 0.25) is 5.91 Å². The fourth-order valence-corrected chi connectivity index (χ4v) is 3.34. The Bertz CT molecular complexity index is 437. The molecule has 0 aliphatic heterocycles. The van der Waals surface area contributed by atoms with Crippen molar-refractivity contribution in [3.8, 4) is 0 Å². The molecule has 1 aromatic carbocycles. The van der Waals surface area contributed by atoms with E-state index in [1.54, 1.807) is 0 Å². The Balaban J connectivity index is 2.00. The third kappa shape index (κ3) is 1.29. The number of primary amides is 1. The van der Waals surface area contributed by atoms with Crippen molar-refractivity contribution in [2.45, 2.75) is 12.3 Å². The fraction of sp³-hybridized carbons (Fsp3) is 0.357. The maximum absolute atomic E-state index is 11.6. The monoisotopic (exact) mass is 213 g/mol. The summed E-state index contributed by atoms with van der Waals surface area (Å²) in [5.41, 5.74) is 6.79. The van der Waals surface area contributed by atoms with Crippen LogP contribution in [0.25, 0.3) is 0 Å². The topological polar surface area (TPSA) is 43.1 Å². The standard InChI is InChI=1S/C14H15NO/c15-14(16)13-11-7-6-10(8-11)12(13)9-4-2-1-3-5-9/h1-7,10-13H,8H2,(H2,15,16)/t10-,11-,12-,13-/m0/s1. The molecule has 2 aliphatic rings. The molecule has 2 heteroatoms. The zero-order valence-electron chi connectivity index (χ0n) is 9.04. The Morgan fingerprint density at radius 3 is 2.50 bits per heavy atom. The van der Waals surface area contributed by atoms with Crippen molar-refractivity contribution < 1.29 is 4.79 Å². The molecule has 0 unspecified atom stereocenters. The van der Waals surface area contributed by atoms with Gasteiger partial charge in [0, 0.05) is 5.92 Å². The molecule has 1 saturated carbocycles. The van der Waals surface area contributed by atoms with Gasteiger partial charge in [-0.05, 0) is 23.8 Å². The van der Waals surface area contributed by atoms with Gasteiger partial charge in [-0.1, -0.05) is 42.5 Å². The number of benzene rings is 1. The number of nitrogens with two attached hydrogens (primary N) is 1. The van der Waals surface area contributed by atoms with Crippen LogP contribution in [0.5, 0.6) is 0 Å². The van der Waals surface area contributed by atoms with Gasteiger partial charge in [-0.25, -0.2) is 0 Å². The van der Waals surface area contributed by atoms with Crippen LogP contribution in [0, 0.1) is 17.8 Å². The summed E-state index contributed by atoms with van der Waals surface area (Å²) in [7, 11) is 0. The summed E-state index contributed by atoms with van der Waals surface area (Å²) in [5, 5.41) is 0. The molecule has 0 spiro atoms. The third-order valence-corrected chi connectivity index (χ3v) is 3.97. The number of allylic oxidation sites excluding steroid dienone is 2. The lowest BCUT2D eigenvalue weighted by atomic mass is 9.78. The molecule has 1 aromatic rings. The Labute approximate surface area is 95.2 Å². The van der Waals surface area contributed by atoms with Crippen LogP contribution in [0.4, 0.5) is 0 Å². The van der Waals surface area contributed by atoms with E-state index in [-0.39, 0.29) is 11.8 Å². The second-order valence-corrected chi connectivity index (χ2v) is 4.81. The van der Waals surface area contributed by atoms with Gasteiger partial charge in [0.25, 0.3) is 0 Å². The molecule has 4 atom stereocenters. The maximum Gasteiger partial charge on any atom is 0.221 e. The van der Waals surface area contributed by atoms with E-state index in [2.05, 4.69) is 24.3 Å². The predicted octanol–water partition coefficient (Wildman–Crippen LogP) is 2.08. The Morgan fingerprint density at radius 1 is 1.12 bits per heavy atom. The molecular formula is C14H15NO. The van der Waals surface area contributed by atoms with Crippen molar-refractivity contribution in [2.75, 3.05) is 0 Å². The van der Waals surface area contributed by atoms with Crippen molar-refractivity contribution in [1.82, 2.24) is 0 Å². The molecule has 1 fully saturated rings. The van der Waals surface area contributed by atoms with Gasteiger partial charge in [-0.2, -0.15) is 0 Å². The second kappa shape index (κ2) is 3.48. The lowest BCUT2D eigenvalue weighted by molar-refractivity contribution is -0.123. The summed E-state index contributed by atoms with van der Waals surface area (Å²) < 4.78 is 0. The second-order valence-electron chi connectivity index (χ2n) is 4.81.